The summed E-state index contributed by atoms with van der Waals surface area (Å²) in [6.45, 7) is 3.94. The van der Waals surface area contributed by atoms with Gasteiger partial charge in [0.05, 0.1) is 32.1 Å². The van der Waals surface area contributed by atoms with E-state index in [-0.39, 0.29) is 12.1 Å². The number of rotatable bonds is 7. The second-order valence-corrected chi connectivity index (χ2v) is 8.62. The molecule has 4 rings (SSSR count). The van der Waals surface area contributed by atoms with Gasteiger partial charge in [-0.2, -0.15) is 0 Å². The maximum Gasteiger partial charge on any atom is 0.358 e. The van der Waals surface area contributed by atoms with Gasteiger partial charge in [0.2, 0.25) is 0 Å². The minimum absolute atomic E-state index is 0.0134. The van der Waals surface area contributed by atoms with Crippen molar-refractivity contribution in [2.45, 2.75) is 32.9 Å². The fourth-order valence-electron chi connectivity index (χ4n) is 3.67. The number of ether oxygens (including phenoxy) is 2. The zero-order valence-corrected chi connectivity index (χ0v) is 21.3. The summed E-state index contributed by atoms with van der Waals surface area (Å²) in [5.41, 5.74) is 3.82. The van der Waals surface area contributed by atoms with Crippen LogP contribution >= 0.6 is 11.6 Å². The summed E-state index contributed by atoms with van der Waals surface area (Å²) >= 11 is 6.22. The first kappa shape index (κ1) is 25.7. The number of halogens is 1. The molecule has 8 nitrogen and oxygen atoms in total. The molecule has 0 aliphatic rings. The van der Waals surface area contributed by atoms with Crippen molar-refractivity contribution >= 4 is 23.5 Å². The van der Waals surface area contributed by atoms with Crippen LogP contribution in [0.4, 0.5) is 0 Å². The van der Waals surface area contributed by atoms with Crippen LogP contribution in [-0.4, -0.2) is 33.8 Å². The van der Waals surface area contributed by atoms with Crippen molar-refractivity contribution < 1.29 is 23.6 Å². The molecule has 188 valence electrons. The number of hydrogen-bond donors (Lipinski definition) is 0. The summed E-state index contributed by atoms with van der Waals surface area (Å²) in [7, 11) is 1.31. The van der Waals surface area contributed by atoms with Crippen molar-refractivity contribution in [3.05, 3.63) is 94.2 Å². The maximum atomic E-state index is 12.7. The Morgan fingerprint density at radius 3 is 2.65 bits per heavy atom. The van der Waals surface area contributed by atoms with Crippen LogP contribution in [0.15, 0.2) is 65.6 Å². The first-order valence-corrected chi connectivity index (χ1v) is 11.8. The number of carbonyl (C=O) groups is 2. The quantitative estimate of drug-likeness (QED) is 0.246. The lowest BCUT2D eigenvalue weighted by Crippen LogP contribution is -2.12. The van der Waals surface area contributed by atoms with Gasteiger partial charge < -0.3 is 18.6 Å². The molecule has 1 unspecified atom stereocenters. The molecule has 1 atom stereocenters. The summed E-state index contributed by atoms with van der Waals surface area (Å²) in [4.78, 5) is 28.2. The van der Waals surface area contributed by atoms with Gasteiger partial charge in [0.25, 0.3) is 0 Å². The zero-order valence-electron chi connectivity index (χ0n) is 20.5. The SMILES string of the molecule is COC(=O)c1cn(CC#Cc2ccc(-c3onc(C)c3CC(=O)OC(C)c3ccccc3Cl)cc2)cn1. The minimum Gasteiger partial charge on any atom is -0.464 e. The molecule has 0 N–H and O–H groups in total. The molecule has 0 aliphatic carbocycles. The predicted molar refractivity (Wildman–Crippen MR) is 137 cm³/mol. The van der Waals surface area contributed by atoms with Crippen LogP contribution in [0.2, 0.25) is 5.02 Å². The van der Waals surface area contributed by atoms with E-state index in [2.05, 4.69) is 26.7 Å². The monoisotopic (exact) mass is 517 g/mol. The Morgan fingerprint density at radius 1 is 1.16 bits per heavy atom. The molecule has 0 amide bonds. The molecule has 2 aromatic carbocycles. The minimum atomic E-state index is -0.493. The lowest BCUT2D eigenvalue weighted by Gasteiger charge is -2.15. The number of benzene rings is 2. The highest BCUT2D eigenvalue weighted by Gasteiger charge is 2.21. The molecular formula is C28H24ClN3O5. The lowest BCUT2D eigenvalue weighted by atomic mass is 10.0. The van der Waals surface area contributed by atoms with Crippen LogP contribution in [0, 0.1) is 18.8 Å². The number of esters is 2. The second-order valence-electron chi connectivity index (χ2n) is 8.21. The Hall–Kier alpha value is -4.35. The molecule has 0 aliphatic heterocycles. The van der Waals surface area contributed by atoms with Crippen LogP contribution < -0.4 is 0 Å². The highest BCUT2D eigenvalue weighted by Crippen LogP contribution is 2.29. The van der Waals surface area contributed by atoms with E-state index in [9.17, 15) is 9.59 Å². The van der Waals surface area contributed by atoms with Gasteiger partial charge in [0.15, 0.2) is 11.5 Å². The number of carbonyl (C=O) groups excluding carboxylic acids is 2. The van der Waals surface area contributed by atoms with Gasteiger partial charge in [-0.3, -0.25) is 4.79 Å². The molecule has 0 saturated heterocycles. The van der Waals surface area contributed by atoms with Crippen molar-refractivity contribution in [3.63, 3.8) is 0 Å². The van der Waals surface area contributed by atoms with E-state index in [1.807, 2.05) is 42.5 Å². The van der Waals surface area contributed by atoms with Crippen LogP contribution in [0.25, 0.3) is 11.3 Å². The van der Waals surface area contributed by atoms with Crippen LogP contribution in [-0.2, 0) is 27.2 Å². The van der Waals surface area contributed by atoms with E-state index in [1.54, 1.807) is 30.7 Å². The first-order valence-electron chi connectivity index (χ1n) is 11.4. The van der Waals surface area contributed by atoms with Crippen molar-refractivity contribution in [3.8, 4) is 23.2 Å². The molecule has 9 heteroatoms. The highest BCUT2D eigenvalue weighted by atomic mass is 35.5. The third kappa shape index (κ3) is 6.26. The Bertz CT molecular complexity index is 1480. The van der Waals surface area contributed by atoms with E-state index in [0.29, 0.717) is 28.6 Å². The van der Waals surface area contributed by atoms with Crippen molar-refractivity contribution in [2.75, 3.05) is 7.11 Å². The average Bonchev–Trinajstić information content (AvgIpc) is 3.51. The molecule has 0 spiro atoms. The second kappa shape index (κ2) is 11.6. The predicted octanol–water partition coefficient (Wildman–Crippen LogP) is 5.19. The van der Waals surface area contributed by atoms with Gasteiger partial charge in [-0.05, 0) is 44.2 Å². The molecule has 0 saturated carbocycles. The number of imidazole rings is 1. The van der Waals surface area contributed by atoms with E-state index >= 15 is 0 Å². The van der Waals surface area contributed by atoms with Crippen LogP contribution in [0.1, 0.15) is 45.9 Å². The van der Waals surface area contributed by atoms with Gasteiger partial charge in [-0.25, -0.2) is 9.78 Å². The first-order chi connectivity index (χ1) is 17.9. The van der Waals surface area contributed by atoms with Crippen molar-refractivity contribution in [1.29, 1.82) is 0 Å². The Balaban J connectivity index is 1.41. The Kier molecular flexibility index (Phi) is 8.06. The van der Waals surface area contributed by atoms with E-state index in [1.165, 1.54) is 13.4 Å². The Morgan fingerprint density at radius 2 is 1.92 bits per heavy atom. The number of methoxy groups -OCH3 is 1. The lowest BCUT2D eigenvalue weighted by molar-refractivity contribution is -0.147. The summed E-state index contributed by atoms with van der Waals surface area (Å²) in [6.07, 6.45) is 2.63. The summed E-state index contributed by atoms with van der Waals surface area (Å²) < 4.78 is 17.5. The zero-order chi connectivity index (χ0) is 26.4. The number of aromatic nitrogens is 3. The summed E-state index contributed by atoms with van der Waals surface area (Å²) in [6, 6.07) is 14.7. The number of hydrogen-bond acceptors (Lipinski definition) is 7. The molecule has 0 fully saturated rings. The normalized spacial score (nSPS) is 11.4. The number of aryl methyl sites for hydroxylation is 1. The standard InChI is InChI=1S/C28H24ClN3O5/c1-18-23(15-26(33)36-19(2)22-8-4-5-9-24(22)29)27(37-31-18)21-12-10-20(11-13-21)7-6-14-32-16-25(30-17-32)28(34)35-3/h4-5,8-13,16-17,19H,14-15H2,1-3H3. The summed E-state index contributed by atoms with van der Waals surface area (Å²) in [5, 5.41) is 4.60. The van der Waals surface area contributed by atoms with Crippen LogP contribution in [0.5, 0.6) is 0 Å². The maximum absolute atomic E-state index is 12.7. The third-order valence-corrected chi connectivity index (χ3v) is 5.97. The topological polar surface area (TPSA) is 96.5 Å². The fourth-order valence-corrected chi connectivity index (χ4v) is 3.96. The van der Waals surface area contributed by atoms with Gasteiger partial charge >= 0.3 is 11.9 Å². The van der Waals surface area contributed by atoms with Crippen molar-refractivity contribution in [1.82, 2.24) is 14.7 Å². The Labute approximate surface area is 219 Å². The average molecular weight is 518 g/mol. The fraction of sp³-hybridized carbons (Fsp3) is 0.214. The van der Waals surface area contributed by atoms with E-state index < -0.39 is 18.0 Å². The van der Waals surface area contributed by atoms with Crippen LogP contribution in [0.3, 0.4) is 0 Å². The molecule has 2 heterocycles. The van der Waals surface area contributed by atoms with Gasteiger partial charge in [0.1, 0.15) is 6.10 Å². The molecule has 37 heavy (non-hydrogen) atoms. The smallest absolute Gasteiger partial charge is 0.358 e. The van der Waals surface area contributed by atoms with E-state index in [4.69, 9.17) is 20.9 Å². The number of nitrogens with zero attached hydrogens (tertiary/aromatic N) is 3. The molecule has 0 radical (unpaired) electrons. The largest absolute Gasteiger partial charge is 0.464 e. The van der Waals surface area contributed by atoms with Gasteiger partial charge in [-0.1, -0.05) is 46.8 Å². The molecule has 0 bridgehead atoms. The van der Waals surface area contributed by atoms with Gasteiger partial charge in [0, 0.05) is 33.5 Å². The molecular weight excluding hydrogens is 494 g/mol. The highest BCUT2D eigenvalue weighted by molar-refractivity contribution is 6.31. The molecule has 2 aromatic heterocycles. The third-order valence-electron chi connectivity index (χ3n) is 5.63. The van der Waals surface area contributed by atoms with Crippen molar-refractivity contribution in [2.24, 2.45) is 0 Å². The summed E-state index contributed by atoms with van der Waals surface area (Å²) in [5.74, 6) is 5.72. The van der Waals surface area contributed by atoms with Gasteiger partial charge in [-0.15, -0.1) is 0 Å². The molecule has 4 aromatic rings. The van der Waals surface area contributed by atoms with E-state index in [0.717, 1.165) is 16.7 Å².